The van der Waals surface area contributed by atoms with Gasteiger partial charge in [-0.3, -0.25) is 4.68 Å². The molecule has 0 atom stereocenters. The van der Waals surface area contributed by atoms with E-state index >= 15 is 0 Å². The summed E-state index contributed by atoms with van der Waals surface area (Å²) in [5.41, 5.74) is 2.49. The summed E-state index contributed by atoms with van der Waals surface area (Å²) in [5, 5.41) is 5.74. The molecular weight excluding hydrogens is 310 g/mol. The normalized spacial score (nSPS) is 16.4. The van der Waals surface area contributed by atoms with Gasteiger partial charge in [0.2, 0.25) is 0 Å². The lowest BCUT2D eigenvalue weighted by Crippen LogP contribution is -2.39. The Morgan fingerprint density at radius 1 is 1.00 bits per heavy atom. The number of likely N-dealkylation sites (tertiary alicyclic amines) is 1. The van der Waals surface area contributed by atoms with Crippen molar-refractivity contribution in [2.24, 2.45) is 0 Å². The number of fused-ring (bicyclic) bond motifs is 1. The van der Waals surface area contributed by atoms with Gasteiger partial charge in [0.1, 0.15) is 11.9 Å². The maximum absolute atomic E-state index is 6.12. The van der Waals surface area contributed by atoms with E-state index in [4.69, 9.17) is 4.74 Å². The molecular formula is C21H25N3O. The molecule has 1 aliphatic heterocycles. The number of piperidine rings is 1. The zero-order chi connectivity index (χ0) is 17.1. The van der Waals surface area contributed by atoms with Crippen molar-refractivity contribution < 1.29 is 4.74 Å². The molecule has 1 saturated heterocycles. The Bertz CT molecular complexity index is 817. The van der Waals surface area contributed by atoms with Crippen LogP contribution in [0.1, 0.15) is 18.4 Å². The number of aromatic nitrogens is 2. The number of ether oxygens (including phenoxy) is 1. The minimum absolute atomic E-state index is 0.337. The largest absolute Gasteiger partial charge is 0.490 e. The number of para-hydroxylation sites is 1. The Balaban J connectivity index is 1.27. The van der Waals surface area contributed by atoms with Crippen LogP contribution in [-0.2, 0) is 6.54 Å². The molecule has 0 saturated carbocycles. The van der Waals surface area contributed by atoms with Gasteiger partial charge in [0.05, 0.1) is 18.3 Å². The average Bonchev–Trinajstić information content (AvgIpc) is 3.06. The molecule has 3 aromatic rings. The Morgan fingerprint density at radius 2 is 1.76 bits per heavy atom. The van der Waals surface area contributed by atoms with Crippen molar-refractivity contribution in [1.29, 1.82) is 0 Å². The summed E-state index contributed by atoms with van der Waals surface area (Å²) in [6, 6.07) is 16.8. The standard InChI is InChI=1S/C21H25N3O/c1-17-6-8-19(9-7-17)25-20-10-12-23(13-11-20)14-15-24-21-5-3-2-4-18(21)16-22-24/h2-9,16,20H,10-15H2,1H3. The molecule has 2 heterocycles. The van der Waals surface area contributed by atoms with Crippen LogP contribution in [0.15, 0.2) is 54.7 Å². The zero-order valence-corrected chi connectivity index (χ0v) is 14.8. The molecule has 0 bridgehead atoms. The van der Waals surface area contributed by atoms with Crippen molar-refractivity contribution >= 4 is 10.9 Å². The highest BCUT2D eigenvalue weighted by Gasteiger charge is 2.20. The van der Waals surface area contributed by atoms with Crippen LogP contribution < -0.4 is 4.74 Å². The lowest BCUT2D eigenvalue weighted by molar-refractivity contribution is 0.0982. The van der Waals surface area contributed by atoms with Crippen molar-refractivity contribution in [3.63, 3.8) is 0 Å². The molecule has 0 unspecified atom stereocenters. The fraction of sp³-hybridized carbons (Fsp3) is 0.381. The summed E-state index contributed by atoms with van der Waals surface area (Å²) in [6.07, 6.45) is 4.47. The zero-order valence-electron chi connectivity index (χ0n) is 14.8. The summed E-state index contributed by atoms with van der Waals surface area (Å²) in [5.74, 6) is 0.993. The van der Waals surface area contributed by atoms with Crippen molar-refractivity contribution in [1.82, 2.24) is 14.7 Å². The molecule has 0 radical (unpaired) electrons. The number of nitrogens with zero attached hydrogens (tertiary/aromatic N) is 3. The van der Waals surface area contributed by atoms with Gasteiger partial charge in [0.25, 0.3) is 0 Å². The van der Waals surface area contributed by atoms with E-state index in [0.29, 0.717) is 6.10 Å². The fourth-order valence-corrected chi connectivity index (χ4v) is 3.50. The van der Waals surface area contributed by atoms with Crippen LogP contribution in [0.2, 0.25) is 0 Å². The third-order valence-electron chi connectivity index (χ3n) is 5.04. The van der Waals surface area contributed by atoms with E-state index in [9.17, 15) is 0 Å². The molecule has 0 N–H and O–H groups in total. The Morgan fingerprint density at radius 3 is 2.56 bits per heavy atom. The Hall–Kier alpha value is -2.33. The summed E-state index contributed by atoms with van der Waals surface area (Å²) in [6.45, 7) is 6.27. The first-order valence-corrected chi connectivity index (χ1v) is 9.14. The van der Waals surface area contributed by atoms with Crippen LogP contribution in [-0.4, -0.2) is 40.4 Å². The number of hydrogen-bond acceptors (Lipinski definition) is 3. The Labute approximate surface area is 149 Å². The Kier molecular flexibility index (Phi) is 4.70. The lowest BCUT2D eigenvalue weighted by atomic mass is 10.1. The number of aryl methyl sites for hydroxylation is 1. The van der Waals surface area contributed by atoms with Gasteiger partial charge in [0, 0.05) is 25.0 Å². The van der Waals surface area contributed by atoms with Crippen LogP contribution in [0, 0.1) is 6.92 Å². The lowest BCUT2D eigenvalue weighted by Gasteiger charge is -2.32. The molecule has 4 heteroatoms. The van der Waals surface area contributed by atoms with Gasteiger partial charge in [-0.2, -0.15) is 5.10 Å². The van der Waals surface area contributed by atoms with E-state index in [0.717, 1.165) is 44.8 Å². The van der Waals surface area contributed by atoms with E-state index in [2.05, 4.69) is 70.1 Å². The molecule has 4 nitrogen and oxygen atoms in total. The summed E-state index contributed by atoms with van der Waals surface area (Å²) >= 11 is 0. The fourth-order valence-electron chi connectivity index (χ4n) is 3.50. The van der Waals surface area contributed by atoms with Crippen molar-refractivity contribution in [3.8, 4) is 5.75 Å². The van der Waals surface area contributed by atoms with Crippen LogP contribution in [0.5, 0.6) is 5.75 Å². The second kappa shape index (κ2) is 7.28. The minimum atomic E-state index is 0.337. The third kappa shape index (κ3) is 3.85. The van der Waals surface area contributed by atoms with Crippen molar-refractivity contribution in [2.45, 2.75) is 32.4 Å². The average molecular weight is 335 g/mol. The molecule has 130 valence electrons. The quantitative estimate of drug-likeness (QED) is 0.709. The summed E-state index contributed by atoms with van der Waals surface area (Å²) in [7, 11) is 0. The monoisotopic (exact) mass is 335 g/mol. The molecule has 0 amide bonds. The van der Waals surface area contributed by atoms with E-state index in [-0.39, 0.29) is 0 Å². The van der Waals surface area contributed by atoms with Crippen LogP contribution >= 0.6 is 0 Å². The highest BCUT2D eigenvalue weighted by Crippen LogP contribution is 2.20. The molecule has 0 spiro atoms. The molecule has 1 aromatic heterocycles. The molecule has 1 aliphatic rings. The number of rotatable bonds is 5. The highest BCUT2D eigenvalue weighted by molar-refractivity contribution is 5.78. The maximum atomic E-state index is 6.12. The van der Waals surface area contributed by atoms with Gasteiger partial charge in [-0.15, -0.1) is 0 Å². The van der Waals surface area contributed by atoms with E-state index in [1.54, 1.807) is 0 Å². The first-order chi connectivity index (χ1) is 12.3. The second-order valence-electron chi connectivity index (χ2n) is 6.90. The minimum Gasteiger partial charge on any atom is -0.490 e. The SMILES string of the molecule is Cc1ccc(OC2CCN(CCn3ncc4ccccc43)CC2)cc1. The van der Waals surface area contributed by atoms with E-state index < -0.39 is 0 Å². The second-order valence-corrected chi connectivity index (χ2v) is 6.90. The smallest absolute Gasteiger partial charge is 0.119 e. The maximum Gasteiger partial charge on any atom is 0.119 e. The molecule has 1 fully saturated rings. The van der Waals surface area contributed by atoms with Gasteiger partial charge < -0.3 is 9.64 Å². The topological polar surface area (TPSA) is 30.3 Å². The van der Waals surface area contributed by atoms with Crippen LogP contribution in [0.3, 0.4) is 0 Å². The third-order valence-corrected chi connectivity index (χ3v) is 5.04. The molecule has 2 aromatic carbocycles. The van der Waals surface area contributed by atoms with Gasteiger partial charge in [-0.25, -0.2) is 0 Å². The van der Waals surface area contributed by atoms with Gasteiger partial charge >= 0.3 is 0 Å². The van der Waals surface area contributed by atoms with E-state index in [1.165, 1.54) is 16.5 Å². The van der Waals surface area contributed by atoms with Crippen molar-refractivity contribution in [3.05, 3.63) is 60.3 Å². The molecule has 25 heavy (non-hydrogen) atoms. The highest BCUT2D eigenvalue weighted by atomic mass is 16.5. The molecule has 0 aliphatic carbocycles. The molecule has 4 rings (SSSR count). The van der Waals surface area contributed by atoms with Gasteiger partial charge in [-0.1, -0.05) is 35.9 Å². The summed E-state index contributed by atoms with van der Waals surface area (Å²) in [4.78, 5) is 2.52. The van der Waals surface area contributed by atoms with Crippen LogP contribution in [0.4, 0.5) is 0 Å². The predicted octanol–water partition coefficient (Wildman–Crippen LogP) is 3.89. The number of benzene rings is 2. The van der Waals surface area contributed by atoms with Gasteiger partial charge in [0.15, 0.2) is 0 Å². The van der Waals surface area contributed by atoms with Crippen molar-refractivity contribution in [2.75, 3.05) is 19.6 Å². The summed E-state index contributed by atoms with van der Waals surface area (Å²) < 4.78 is 8.24. The van der Waals surface area contributed by atoms with Gasteiger partial charge in [-0.05, 0) is 38.0 Å². The van der Waals surface area contributed by atoms with E-state index in [1.807, 2.05) is 6.20 Å². The first-order valence-electron chi connectivity index (χ1n) is 9.14. The first kappa shape index (κ1) is 16.2. The van der Waals surface area contributed by atoms with Crippen LogP contribution in [0.25, 0.3) is 10.9 Å². The number of hydrogen-bond donors (Lipinski definition) is 0. The predicted molar refractivity (Wildman–Crippen MR) is 101 cm³/mol.